The van der Waals surface area contributed by atoms with E-state index in [4.69, 9.17) is 24.7 Å². The standard InChI is InChI=1S/C23H31N5O5/c1-4-5-6-7-8-9-18(29)30-12-16-19-20(33-22(2,3)32-19)23(13-24,31-16)17-11-10-15-21(25)26-14-27-28(15)17/h10-11,14,16,19-20H,4-9,12H2,1-3H3,(H2,25,26,27)/t16-,19-,20-,23+/m1/s1. The summed E-state index contributed by atoms with van der Waals surface area (Å²) in [6, 6.07) is 5.74. The molecule has 4 rings (SSSR count). The van der Waals surface area contributed by atoms with Gasteiger partial charge in [-0.15, -0.1) is 0 Å². The molecule has 0 amide bonds. The van der Waals surface area contributed by atoms with E-state index >= 15 is 0 Å². The van der Waals surface area contributed by atoms with Crippen molar-refractivity contribution in [2.24, 2.45) is 0 Å². The summed E-state index contributed by atoms with van der Waals surface area (Å²) in [5.41, 5.74) is 5.45. The molecule has 178 valence electrons. The minimum atomic E-state index is -1.52. The van der Waals surface area contributed by atoms with Crippen LogP contribution in [0.15, 0.2) is 18.5 Å². The van der Waals surface area contributed by atoms with Crippen molar-refractivity contribution in [1.29, 1.82) is 5.26 Å². The van der Waals surface area contributed by atoms with Gasteiger partial charge in [-0.3, -0.25) is 4.79 Å². The maximum Gasteiger partial charge on any atom is 0.305 e. The smallest absolute Gasteiger partial charge is 0.305 e. The van der Waals surface area contributed by atoms with Crippen LogP contribution < -0.4 is 5.73 Å². The Bertz CT molecular complexity index is 1050. The van der Waals surface area contributed by atoms with Gasteiger partial charge >= 0.3 is 5.97 Å². The number of hydrogen-bond donors (Lipinski definition) is 1. The Balaban J connectivity index is 1.53. The van der Waals surface area contributed by atoms with Crippen molar-refractivity contribution in [3.05, 3.63) is 24.2 Å². The van der Waals surface area contributed by atoms with Crippen LogP contribution in [0.5, 0.6) is 0 Å². The quantitative estimate of drug-likeness (QED) is 0.445. The largest absolute Gasteiger partial charge is 0.463 e. The lowest BCUT2D eigenvalue weighted by Crippen LogP contribution is -2.40. The van der Waals surface area contributed by atoms with Crippen LogP contribution in [0.1, 0.15) is 65.0 Å². The molecule has 0 bridgehead atoms. The molecule has 2 saturated heterocycles. The normalized spacial score (nSPS) is 28.0. The number of nitrogens with two attached hydrogens (primary N) is 1. The molecule has 2 aliphatic heterocycles. The second-order valence-corrected chi connectivity index (χ2v) is 9.03. The first-order valence-electron chi connectivity index (χ1n) is 11.5. The van der Waals surface area contributed by atoms with Crippen molar-refractivity contribution in [1.82, 2.24) is 14.6 Å². The fourth-order valence-electron chi connectivity index (χ4n) is 4.58. The van der Waals surface area contributed by atoms with Gasteiger partial charge < -0.3 is 24.7 Å². The number of ether oxygens (including phenoxy) is 4. The Morgan fingerprint density at radius 2 is 2.03 bits per heavy atom. The average molecular weight is 458 g/mol. The number of fused-ring (bicyclic) bond motifs is 2. The number of nitrogen functional groups attached to an aromatic ring is 1. The van der Waals surface area contributed by atoms with Crippen molar-refractivity contribution in [3.63, 3.8) is 0 Å². The van der Waals surface area contributed by atoms with Gasteiger partial charge in [-0.2, -0.15) is 10.4 Å². The second-order valence-electron chi connectivity index (χ2n) is 9.03. The molecule has 0 aromatic carbocycles. The Morgan fingerprint density at radius 3 is 2.79 bits per heavy atom. The van der Waals surface area contributed by atoms with Crippen molar-refractivity contribution >= 4 is 17.3 Å². The average Bonchev–Trinajstić information content (AvgIpc) is 3.43. The van der Waals surface area contributed by atoms with Crippen molar-refractivity contribution in [2.45, 2.75) is 89.0 Å². The maximum absolute atomic E-state index is 12.3. The van der Waals surface area contributed by atoms with Gasteiger partial charge in [0, 0.05) is 6.42 Å². The van der Waals surface area contributed by atoms with Crippen molar-refractivity contribution < 1.29 is 23.7 Å². The molecule has 2 fully saturated rings. The predicted octanol–water partition coefficient (Wildman–Crippen LogP) is 2.85. The van der Waals surface area contributed by atoms with E-state index in [0.717, 1.165) is 25.7 Å². The Hall–Kier alpha value is -2.74. The highest BCUT2D eigenvalue weighted by Gasteiger charge is 2.65. The molecule has 0 aliphatic carbocycles. The summed E-state index contributed by atoms with van der Waals surface area (Å²) in [5.74, 6) is -0.927. The number of esters is 1. The summed E-state index contributed by atoms with van der Waals surface area (Å²) in [6.45, 7) is 5.68. The minimum absolute atomic E-state index is 0.0295. The summed E-state index contributed by atoms with van der Waals surface area (Å²) in [5, 5.41) is 14.6. The summed E-state index contributed by atoms with van der Waals surface area (Å²) in [7, 11) is 0. The fraction of sp³-hybridized carbons (Fsp3) is 0.652. The summed E-state index contributed by atoms with van der Waals surface area (Å²) in [4.78, 5) is 16.3. The van der Waals surface area contributed by atoms with Gasteiger partial charge in [-0.25, -0.2) is 9.50 Å². The van der Waals surface area contributed by atoms with Gasteiger partial charge in [-0.1, -0.05) is 32.6 Å². The number of nitrogens with zero attached hydrogens (tertiary/aromatic N) is 4. The molecule has 2 aromatic rings. The van der Waals surface area contributed by atoms with Gasteiger partial charge in [0.2, 0.25) is 5.60 Å². The zero-order chi connectivity index (χ0) is 23.6. The van der Waals surface area contributed by atoms with Gasteiger partial charge in [0.15, 0.2) is 11.6 Å². The maximum atomic E-state index is 12.3. The molecule has 10 nitrogen and oxygen atoms in total. The van der Waals surface area contributed by atoms with E-state index in [-0.39, 0.29) is 18.4 Å². The van der Waals surface area contributed by atoms with Crippen LogP contribution in [-0.2, 0) is 29.3 Å². The molecule has 4 atom stereocenters. The van der Waals surface area contributed by atoms with Gasteiger partial charge in [0.1, 0.15) is 42.8 Å². The first-order chi connectivity index (χ1) is 15.8. The number of rotatable bonds is 9. The zero-order valence-corrected chi connectivity index (χ0v) is 19.3. The monoisotopic (exact) mass is 457 g/mol. The lowest BCUT2D eigenvalue weighted by Gasteiger charge is -2.28. The highest BCUT2D eigenvalue weighted by molar-refractivity contribution is 5.69. The van der Waals surface area contributed by atoms with Gasteiger partial charge in [0.25, 0.3) is 0 Å². The van der Waals surface area contributed by atoms with Gasteiger partial charge in [-0.05, 0) is 32.4 Å². The molecule has 0 radical (unpaired) electrons. The molecule has 2 N–H and O–H groups in total. The number of hydrogen-bond acceptors (Lipinski definition) is 9. The number of nitriles is 1. The van der Waals surface area contributed by atoms with Crippen LogP contribution in [0.2, 0.25) is 0 Å². The molecule has 33 heavy (non-hydrogen) atoms. The van der Waals surface area contributed by atoms with E-state index in [1.165, 1.54) is 17.3 Å². The molecule has 10 heteroatoms. The van der Waals surface area contributed by atoms with E-state index in [1.54, 1.807) is 26.0 Å². The molecule has 2 aliphatic rings. The van der Waals surface area contributed by atoms with E-state index in [0.29, 0.717) is 17.6 Å². The SMILES string of the molecule is CCCCCCCC(=O)OC[C@H]1O[C@@](C#N)(c2ccc3c(N)ncnn23)[C@@H]2OC(C)(C)O[C@@H]21. The lowest BCUT2D eigenvalue weighted by atomic mass is 9.92. The number of carbonyl (C=O) groups is 1. The summed E-state index contributed by atoms with van der Waals surface area (Å²) in [6.07, 6.45) is 4.89. The number of carbonyl (C=O) groups excluding carboxylic acids is 1. The second kappa shape index (κ2) is 9.25. The van der Waals surface area contributed by atoms with Crippen LogP contribution in [0.4, 0.5) is 5.82 Å². The van der Waals surface area contributed by atoms with E-state index in [1.807, 2.05) is 0 Å². The van der Waals surface area contributed by atoms with E-state index in [2.05, 4.69) is 23.1 Å². The third-order valence-corrected chi connectivity index (χ3v) is 6.15. The molecule has 0 saturated carbocycles. The molecule has 0 unspecified atom stereocenters. The molecular weight excluding hydrogens is 426 g/mol. The van der Waals surface area contributed by atoms with E-state index in [9.17, 15) is 10.1 Å². The molecular formula is C23H31N5O5. The van der Waals surface area contributed by atoms with Crippen molar-refractivity contribution in [3.8, 4) is 6.07 Å². The third-order valence-electron chi connectivity index (χ3n) is 6.15. The Labute approximate surface area is 192 Å². The number of unbranched alkanes of at least 4 members (excludes halogenated alkanes) is 4. The van der Waals surface area contributed by atoms with Crippen LogP contribution in [0.25, 0.3) is 5.52 Å². The molecule has 2 aromatic heterocycles. The van der Waals surface area contributed by atoms with Crippen LogP contribution in [-0.4, -0.2) is 51.3 Å². The number of aromatic nitrogens is 3. The molecule has 0 spiro atoms. The lowest BCUT2D eigenvalue weighted by molar-refractivity contribution is -0.206. The van der Waals surface area contributed by atoms with Gasteiger partial charge in [0.05, 0.1) is 5.69 Å². The fourth-order valence-corrected chi connectivity index (χ4v) is 4.58. The van der Waals surface area contributed by atoms with Crippen LogP contribution in [0.3, 0.4) is 0 Å². The predicted molar refractivity (Wildman–Crippen MR) is 118 cm³/mol. The first kappa shape index (κ1) is 23.4. The first-order valence-corrected chi connectivity index (χ1v) is 11.5. The molecule has 4 heterocycles. The summed E-state index contributed by atoms with van der Waals surface area (Å²) >= 11 is 0. The third kappa shape index (κ3) is 4.40. The van der Waals surface area contributed by atoms with Crippen molar-refractivity contribution in [2.75, 3.05) is 12.3 Å². The minimum Gasteiger partial charge on any atom is -0.463 e. The highest BCUT2D eigenvalue weighted by atomic mass is 16.8. The Morgan fingerprint density at radius 1 is 1.24 bits per heavy atom. The van der Waals surface area contributed by atoms with Crippen LogP contribution >= 0.6 is 0 Å². The topological polar surface area (TPSA) is 134 Å². The summed E-state index contributed by atoms with van der Waals surface area (Å²) < 4.78 is 25.5. The van der Waals surface area contributed by atoms with E-state index < -0.39 is 29.7 Å². The van der Waals surface area contributed by atoms with Crippen LogP contribution in [0, 0.1) is 11.3 Å². The Kier molecular flexibility index (Phi) is 6.56. The number of anilines is 1. The zero-order valence-electron chi connectivity index (χ0n) is 19.3. The highest BCUT2D eigenvalue weighted by Crippen LogP contribution is 2.49.